The largest absolute Gasteiger partial charge is 0.463 e. The minimum absolute atomic E-state index is 0.404. The third-order valence-corrected chi connectivity index (χ3v) is 1.31. The van der Waals surface area contributed by atoms with E-state index in [1.807, 2.05) is 0 Å². The van der Waals surface area contributed by atoms with Crippen LogP contribution in [-0.4, -0.2) is 27.2 Å². The number of H-pyrrole nitrogens is 1. The lowest BCUT2D eigenvalue weighted by Gasteiger charge is -1.98. The van der Waals surface area contributed by atoms with E-state index in [4.69, 9.17) is 4.74 Å². The van der Waals surface area contributed by atoms with Crippen molar-refractivity contribution < 1.29 is 4.74 Å². The zero-order valence-corrected chi connectivity index (χ0v) is 6.58. The summed E-state index contributed by atoms with van der Waals surface area (Å²) in [6, 6.07) is 0.404. The molecule has 0 saturated heterocycles. The van der Waals surface area contributed by atoms with E-state index in [2.05, 4.69) is 27.5 Å². The van der Waals surface area contributed by atoms with Gasteiger partial charge in [0.05, 0.1) is 6.61 Å². The van der Waals surface area contributed by atoms with Crippen LogP contribution in [0.1, 0.15) is 26.2 Å². The number of nitrogens with one attached hydrogen (secondary N) is 1. The molecule has 0 bridgehead atoms. The molecule has 0 fully saturated rings. The average Bonchev–Trinajstić information content (AvgIpc) is 2.50. The number of unbranched alkanes of at least 4 members (excludes halogenated alkanes) is 2. The summed E-state index contributed by atoms with van der Waals surface area (Å²) in [5.74, 6) is 0. The van der Waals surface area contributed by atoms with Gasteiger partial charge in [0, 0.05) is 0 Å². The number of ether oxygens (including phenoxy) is 1. The Kier molecular flexibility index (Phi) is 3.37. The summed E-state index contributed by atoms with van der Waals surface area (Å²) in [5, 5.41) is 12.8. The molecule has 62 valence electrons. The van der Waals surface area contributed by atoms with Crippen molar-refractivity contribution in [1.82, 2.24) is 20.6 Å². The Morgan fingerprint density at radius 2 is 2.36 bits per heavy atom. The molecule has 1 aromatic heterocycles. The van der Waals surface area contributed by atoms with Crippen molar-refractivity contribution in [3.05, 3.63) is 0 Å². The number of hydrogen-bond acceptors (Lipinski definition) is 4. The van der Waals surface area contributed by atoms with Crippen LogP contribution in [0.4, 0.5) is 0 Å². The second kappa shape index (κ2) is 4.65. The summed E-state index contributed by atoms with van der Waals surface area (Å²) in [6.45, 7) is 2.83. The van der Waals surface area contributed by atoms with Gasteiger partial charge in [-0.15, -0.1) is 0 Å². The Hall–Kier alpha value is -1.13. The maximum absolute atomic E-state index is 5.16. The Balaban J connectivity index is 2.04. The quantitative estimate of drug-likeness (QED) is 0.639. The van der Waals surface area contributed by atoms with E-state index in [0.29, 0.717) is 12.6 Å². The van der Waals surface area contributed by atoms with Crippen LogP contribution in [0.3, 0.4) is 0 Å². The van der Waals surface area contributed by atoms with Crippen molar-refractivity contribution >= 4 is 0 Å². The Bertz CT molecular complexity index is 175. The van der Waals surface area contributed by atoms with Crippen LogP contribution in [0.15, 0.2) is 0 Å². The molecule has 1 heterocycles. The highest BCUT2D eigenvalue weighted by Crippen LogP contribution is 1.98. The lowest BCUT2D eigenvalue weighted by atomic mass is 10.3. The molecule has 11 heavy (non-hydrogen) atoms. The van der Waals surface area contributed by atoms with Gasteiger partial charge in [0.25, 0.3) is 0 Å². The number of aromatic amines is 1. The molecule has 0 aliphatic heterocycles. The van der Waals surface area contributed by atoms with Crippen LogP contribution in [0.5, 0.6) is 6.01 Å². The fraction of sp³-hybridized carbons (Fsp3) is 0.833. The number of nitrogens with zero attached hydrogens (tertiary/aromatic N) is 3. The molecule has 0 aromatic carbocycles. The summed E-state index contributed by atoms with van der Waals surface area (Å²) in [7, 11) is 0. The zero-order chi connectivity index (χ0) is 7.94. The number of aromatic nitrogens is 4. The average molecular weight is 156 g/mol. The fourth-order valence-electron chi connectivity index (χ4n) is 0.733. The highest BCUT2D eigenvalue weighted by atomic mass is 16.5. The predicted octanol–water partition coefficient (Wildman–Crippen LogP) is 0.769. The molecule has 1 aromatic rings. The molecule has 1 rings (SSSR count). The summed E-state index contributed by atoms with van der Waals surface area (Å²) in [6.07, 6.45) is 3.43. The van der Waals surface area contributed by atoms with Gasteiger partial charge in [0.1, 0.15) is 0 Å². The van der Waals surface area contributed by atoms with E-state index < -0.39 is 0 Å². The molecule has 0 atom stereocenters. The monoisotopic (exact) mass is 156 g/mol. The molecule has 0 radical (unpaired) electrons. The fourth-order valence-corrected chi connectivity index (χ4v) is 0.733. The Labute approximate surface area is 65.1 Å². The van der Waals surface area contributed by atoms with Crippen LogP contribution < -0.4 is 4.74 Å². The maximum atomic E-state index is 5.16. The maximum Gasteiger partial charge on any atom is 0.332 e. The van der Waals surface area contributed by atoms with Crippen molar-refractivity contribution in [2.45, 2.75) is 26.2 Å². The number of rotatable bonds is 5. The van der Waals surface area contributed by atoms with Crippen molar-refractivity contribution in [1.29, 1.82) is 0 Å². The van der Waals surface area contributed by atoms with E-state index in [9.17, 15) is 0 Å². The van der Waals surface area contributed by atoms with Crippen molar-refractivity contribution in [2.24, 2.45) is 0 Å². The third kappa shape index (κ3) is 2.97. The minimum atomic E-state index is 0.404. The van der Waals surface area contributed by atoms with Gasteiger partial charge in [-0.3, -0.25) is 0 Å². The van der Waals surface area contributed by atoms with Gasteiger partial charge in [-0.1, -0.05) is 24.9 Å². The first-order chi connectivity index (χ1) is 5.43. The van der Waals surface area contributed by atoms with E-state index in [1.54, 1.807) is 0 Å². The van der Waals surface area contributed by atoms with Gasteiger partial charge in [-0.05, 0) is 16.8 Å². The van der Waals surface area contributed by atoms with Crippen LogP contribution >= 0.6 is 0 Å². The van der Waals surface area contributed by atoms with Crippen molar-refractivity contribution in [3.8, 4) is 6.01 Å². The Morgan fingerprint density at radius 3 is 3.00 bits per heavy atom. The molecule has 0 aliphatic carbocycles. The summed E-state index contributed by atoms with van der Waals surface area (Å²) < 4.78 is 5.16. The van der Waals surface area contributed by atoms with E-state index >= 15 is 0 Å². The van der Waals surface area contributed by atoms with Crippen LogP contribution in [0, 0.1) is 0 Å². The van der Waals surface area contributed by atoms with E-state index in [1.165, 1.54) is 12.8 Å². The second-order valence-corrected chi connectivity index (χ2v) is 2.26. The lowest BCUT2D eigenvalue weighted by Crippen LogP contribution is -1.98. The van der Waals surface area contributed by atoms with Gasteiger partial charge in [-0.25, -0.2) is 5.10 Å². The van der Waals surface area contributed by atoms with Crippen LogP contribution in [0.25, 0.3) is 0 Å². The lowest BCUT2D eigenvalue weighted by molar-refractivity contribution is 0.283. The molecule has 0 spiro atoms. The molecular formula is C6H12N4O. The van der Waals surface area contributed by atoms with Crippen molar-refractivity contribution in [3.63, 3.8) is 0 Å². The smallest absolute Gasteiger partial charge is 0.332 e. The highest BCUT2D eigenvalue weighted by Gasteiger charge is 1.94. The van der Waals surface area contributed by atoms with E-state index in [0.717, 1.165) is 6.42 Å². The molecule has 0 aliphatic rings. The standard InChI is InChI=1S/C6H12N4O/c1-2-3-4-5-11-6-7-9-10-8-6/h2-5H2,1H3,(H,7,8,9,10). The summed E-state index contributed by atoms with van der Waals surface area (Å²) in [5.41, 5.74) is 0. The number of hydrogen-bond donors (Lipinski definition) is 1. The van der Waals surface area contributed by atoms with Gasteiger partial charge >= 0.3 is 6.01 Å². The first kappa shape index (κ1) is 7.97. The number of tetrazole rings is 1. The SMILES string of the molecule is CCCCCOc1nnn[nH]1. The Morgan fingerprint density at radius 1 is 1.45 bits per heavy atom. The van der Waals surface area contributed by atoms with Crippen LogP contribution in [0.2, 0.25) is 0 Å². The molecule has 0 saturated carbocycles. The topological polar surface area (TPSA) is 63.7 Å². The molecule has 0 amide bonds. The predicted molar refractivity (Wildman–Crippen MR) is 39.2 cm³/mol. The molecule has 1 N–H and O–H groups in total. The highest BCUT2D eigenvalue weighted by molar-refractivity contribution is 4.80. The zero-order valence-electron chi connectivity index (χ0n) is 6.58. The first-order valence-corrected chi connectivity index (χ1v) is 3.80. The first-order valence-electron chi connectivity index (χ1n) is 3.80. The molecule has 5 heteroatoms. The van der Waals surface area contributed by atoms with Gasteiger partial charge < -0.3 is 4.74 Å². The minimum Gasteiger partial charge on any atom is -0.463 e. The van der Waals surface area contributed by atoms with Gasteiger partial charge in [0.2, 0.25) is 0 Å². The summed E-state index contributed by atoms with van der Waals surface area (Å²) >= 11 is 0. The van der Waals surface area contributed by atoms with Crippen molar-refractivity contribution in [2.75, 3.05) is 6.61 Å². The molecule has 0 unspecified atom stereocenters. The third-order valence-electron chi connectivity index (χ3n) is 1.31. The normalized spacial score (nSPS) is 9.91. The van der Waals surface area contributed by atoms with Gasteiger partial charge in [0.15, 0.2) is 0 Å². The molecular weight excluding hydrogens is 144 g/mol. The molecule has 5 nitrogen and oxygen atoms in total. The second-order valence-electron chi connectivity index (χ2n) is 2.26. The van der Waals surface area contributed by atoms with E-state index in [-0.39, 0.29) is 0 Å². The van der Waals surface area contributed by atoms with Gasteiger partial charge in [-0.2, -0.15) is 0 Å². The summed E-state index contributed by atoms with van der Waals surface area (Å²) in [4.78, 5) is 0. The van der Waals surface area contributed by atoms with Crippen LogP contribution in [-0.2, 0) is 0 Å².